The van der Waals surface area contributed by atoms with Crippen LogP contribution in [0, 0.1) is 17.3 Å². The average molecular weight is 205 g/mol. The van der Waals surface area contributed by atoms with Gasteiger partial charge in [0.05, 0.1) is 0 Å². The van der Waals surface area contributed by atoms with Crippen LogP contribution >= 0.6 is 0 Å². The van der Waals surface area contributed by atoms with Gasteiger partial charge < -0.3 is 4.90 Å². The van der Waals surface area contributed by atoms with Gasteiger partial charge in [0.1, 0.15) is 0 Å². The zero-order chi connectivity index (χ0) is 10.5. The largest absolute Gasteiger partial charge is 0.375 e. The first-order valence-corrected chi connectivity index (χ1v) is 6.64. The number of nitrogens with zero attached hydrogens (tertiary/aromatic N) is 1. The number of piperidine rings is 1. The molecule has 4 aliphatic rings. The maximum absolute atomic E-state index is 2.69. The molecule has 1 aliphatic heterocycles. The third-order valence-electron chi connectivity index (χ3n) is 5.16. The van der Waals surface area contributed by atoms with Crippen LogP contribution in [-0.2, 0) is 0 Å². The molecular formula is C14H23N. The number of allylic oxidation sites excluding steroid dienone is 2. The van der Waals surface area contributed by atoms with Crippen LogP contribution in [0.2, 0.25) is 0 Å². The van der Waals surface area contributed by atoms with Gasteiger partial charge in [-0.3, -0.25) is 0 Å². The molecule has 4 rings (SSSR count). The number of hydrogen-bond acceptors (Lipinski definition) is 1. The van der Waals surface area contributed by atoms with Gasteiger partial charge in [-0.25, -0.2) is 0 Å². The third kappa shape index (κ3) is 1.35. The third-order valence-corrected chi connectivity index (χ3v) is 5.16. The minimum atomic E-state index is 0.599. The predicted molar refractivity (Wildman–Crippen MR) is 63.5 cm³/mol. The first-order chi connectivity index (χ1) is 7.19. The van der Waals surface area contributed by atoms with Crippen molar-refractivity contribution in [1.29, 1.82) is 0 Å². The van der Waals surface area contributed by atoms with Crippen molar-refractivity contribution in [2.24, 2.45) is 17.3 Å². The number of rotatable bonds is 1. The lowest BCUT2D eigenvalue weighted by atomic mass is 9.50. The maximum atomic E-state index is 2.69. The van der Waals surface area contributed by atoms with Crippen LogP contribution in [-0.4, -0.2) is 18.0 Å². The van der Waals surface area contributed by atoms with Gasteiger partial charge in [-0.1, -0.05) is 19.9 Å². The van der Waals surface area contributed by atoms with Crippen molar-refractivity contribution in [3.05, 3.63) is 11.8 Å². The summed E-state index contributed by atoms with van der Waals surface area (Å²) in [7, 11) is 0. The Labute approximate surface area is 93.5 Å². The minimum absolute atomic E-state index is 0.599. The molecule has 2 bridgehead atoms. The van der Waals surface area contributed by atoms with Gasteiger partial charge >= 0.3 is 0 Å². The van der Waals surface area contributed by atoms with E-state index in [0.29, 0.717) is 5.41 Å². The second-order valence-electron chi connectivity index (χ2n) is 6.22. The fourth-order valence-corrected chi connectivity index (χ4v) is 3.82. The highest BCUT2D eigenvalue weighted by molar-refractivity contribution is 5.22. The molecule has 1 heterocycles. The van der Waals surface area contributed by atoms with Gasteiger partial charge in [0.2, 0.25) is 0 Å². The molecule has 1 saturated carbocycles. The summed E-state index contributed by atoms with van der Waals surface area (Å²) in [5.74, 6) is 1.87. The fraction of sp³-hybridized carbons (Fsp3) is 0.857. The lowest BCUT2D eigenvalue weighted by Gasteiger charge is -2.58. The van der Waals surface area contributed by atoms with Crippen LogP contribution in [0.5, 0.6) is 0 Å². The zero-order valence-electron chi connectivity index (χ0n) is 10.1. The lowest BCUT2D eigenvalue weighted by molar-refractivity contribution is -0.0271. The molecule has 2 atom stereocenters. The molecule has 1 saturated heterocycles. The monoisotopic (exact) mass is 205 g/mol. The first-order valence-electron chi connectivity index (χ1n) is 6.64. The van der Waals surface area contributed by atoms with Gasteiger partial charge in [0.15, 0.2) is 0 Å². The molecule has 1 nitrogen and oxygen atoms in total. The Morgan fingerprint density at radius 2 is 1.93 bits per heavy atom. The van der Waals surface area contributed by atoms with E-state index in [9.17, 15) is 0 Å². The Bertz CT molecular complexity index is 284. The Morgan fingerprint density at radius 1 is 1.20 bits per heavy atom. The van der Waals surface area contributed by atoms with Crippen LogP contribution in [0.15, 0.2) is 11.8 Å². The molecule has 0 amide bonds. The van der Waals surface area contributed by atoms with Crippen molar-refractivity contribution in [2.75, 3.05) is 13.1 Å². The summed E-state index contributed by atoms with van der Waals surface area (Å²) in [5.41, 5.74) is 2.31. The quantitative estimate of drug-likeness (QED) is 0.634. The predicted octanol–water partition coefficient (Wildman–Crippen LogP) is 3.42. The van der Waals surface area contributed by atoms with Crippen LogP contribution < -0.4 is 0 Å². The Morgan fingerprint density at radius 3 is 2.53 bits per heavy atom. The average Bonchev–Trinajstić information content (AvgIpc) is 2.30. The SMILES string of the molecule is CC1(C)C2CC=C(N3CCCCC3)C1C2. The highest BCUT2D eigenvalue weighted by Crippen LogP contribution is 2.59. The van der Waals surface area contributed by atoms with E-state index in [1.807, 2.05) is 0 Å². The molecule has 3 aliphatic carbocycles. The molecule has 0 aromatic heterocycles. The topological polar surface area (TPSA) is 3.24 Å². The summed E-state index contributed by atoms with van der Waals surface area (Å²) in [6, 6.07) is 0. The molecule has 84 valence electrons. The highest BCUT2D eigenvalue weighted by Gasteiger charge is 2.52. The normalized spacial score (nSPS) is 38.3. The minimum Gasteiger partial charge on any atom is -0.375 e. The zero-order valence-corrected chi connectivity index (χ0v) is 10.1. The molecule has 0 aromatic carbocycles. The molecule has 0 radical (unpaired) electrons. The standard InChI is InChI=1S/C14H23N/c1-14(2)11-6-7-13(12(14)10-11)15-8-4-3-5-9-15/h7,11-12H,3-6,8-10H2,1-2H3. The molecule has 1 heteroatoms. The van der Waals surface area contributed by atoms with E-state index in [4.69, 9.17) is 0 Å². The smallest absolute Gasteiger partial charge is 0.0175 e. The van der Waals surface area contributed by atoms with Gasteiger partial charge in [-0.2, -0.15) is 0 Å². The van der Waals surface area contributed by atoms with Crippen molar-refractivity contribution >= 4 is 0 Å². The molecular weight excluding hydrogens is 182 g/mol. The first kappa shape index (κ1) is 9.74. The lowest BCUT2D eigenvalue weighted by Crippen LogP contribution is -2.51. The van der Waals surface area contributed by atoms with E-state index in [1.165, 1.54) is 45.2 Å². The van der Waals surface area contributed by atoms with Gasteiger partial charge in [-0.15, -0.1) is 0 Å². The summed E-state index contributed by atoms with van der Waals surface area (Å²) in [6.45, 7) is 7.59. The van der Waals surface area contributed by atoms with Crippen molar-refractivity contribution < 1.29 is 0 Å². The number of likely N-dealkylation sites (tertiary alicyclic amines) is 1. The second kappa shape index (κ2) is 3.26. The number of fused-ring (bicyclic) bond motifs is 1. The molecule has 0 aromatic rings. The van der Waals surface area contributed by atoms with Crippen molar-refractivity contribution in [1.82, 2.24) is 4.90 Å². The number of hydrogen-bond donors (Lipinski definition) is 0. The Kier molecular flexibility index (Phi) is 2.12. The molecule has 0 spiro atoms. The maximum Gasteiger partial charge on any atom is 0.0175 e. The van der Waals surface area contributed by atoms with Crippen molar-refractivity contribution in [3.63, 3.8) is 0 Å². The molecule has 0 N–H and O–H groups in total. The van der Waals surface area contributed by atoms with E-state index in [-0.39, 0.29) is 0 Å². The molecule has 2 fully saturated rings. The van der Waals surface area contributed by atoms with E-state index in [0.717, 1.165) is 11.8 Å². The van der Waals surface area contributed by atoms with Crippen molar-refractivity contribution in [2.45, 2.75) is 46.0 Å². The van der Waals surface area contributed by atoms with E-state index in [1.54, 1.807) is 5.70 Å². The summed E-state index contributed by atoms with van der Waals surface area (Å²) in [4.78, 5) is 2.69. The summed E-state index contributed by atoms with van der Waals surface area (Å²) in [6.07, 6.45) is 9.63. The van der Waals surface area contributed by atoms with Crippen LogP contribution in [0.1, 0.15) is 46.0 Å². The van der Waals surface area contributed by atoms with Crippen LogP contribution in [0.3, 0.4) is 0 Å². The molecule has 2 unspecified atom stereocenters. The van der Waals surface area contributed by atoms with Gasteiger partial charge in [0, 0.05) is 24.7 Å². The summed E-state index contributed by atoms with van der Waals surface area (Å²) < 4.78 is 0. The Balaban J connectivity index is 1.78. The summed E-state index contributed by atoms with van der Waals surface area (Å²) in [5, 5.41) is 0. The summed E-state index contributed by atoms with van der Waals surface area (Å²) >= 11 is 0. The van der Waals surface area contributed by atoms with Crippen LogP contribution in [0.25, 0.3) is 0 Å². The van der Waals surface area contributed by atoms with E-state index >= 15 is 0 Å². The second-order valence-corrected chi connectivity index (χ2v) is 6.22. The fourth-order valence-electron chi connectivity index (χ4n) is 3.82. The van der Waals surface area contributed by atoms with Crippen molar-refractivity contribution in [3.8, 4) is 0 Å². The van der Waals surface area contributed by atoms with E-state index < -0.39 is 0 Å². The Hall–Kier alpha value is -0.460. The van der Waals surface area contributed by atoms with Crippen LogP contribution in [0.4, 0.5) is 0 Å². The highest BCUT2D eigenvalue weighted by atomic mass is 15.1. The van der Waals surface area contributed by atoms with Gasteiger partial charge in [-0.05, 0) is 43.4 Å². The van der Waals surface area contributed by atoms with E-state index in [2.05, 4.69) is 24.8 Å². The molecule has 15 heavy (non-hydrogen) atoms. The van der Waals surface area contributed by atoms with Gasteiger partial charge in [0.25, 0.3) is 0 Å².